The SMILES string of the molecule is C=C(NC1CC1)c1cc(C(=O)NC)c(=O)n(Cc2ccccc2)c1. The molecule has 0 spiro atoms. The summed E-state index contributed by atoms with van der Waals surface area (Å²) < 4.78 is 1.56. The van der Waals surface area contributed by atoms with Crippen LogP contribution in [0.4, 0.5) is 0 Å². The van der Waals surface area contributed by atoms with Crippen molar-refractivity contribution in [3.8, 4) is 0 Å². The molecule has 1 aromatic heterocycles. The van der Waals surface area contributed by atoms with E-state index in [1.54, 1.807) is 16.8 Å². The van der Waals surface area contributed by atoms with Gasteiger partial charge in [0.2, 0.25) is 0 Å². The van der Waals surface area contributed by atoms with E-state index in [1.165, 1.54) is 7.05 Å². The topological polar surface area (TPSA) is 63.1 Å². The number of carbonyl (C=O) groups excluding carboxylic acids is 1. The lowest BCUT2D eigenvalue weighted by atomic mass is 10.1. The molecule has 1 saturated carbocycles. The average Bonchev–Trinajstić information content (AvgIpc) is 3.40. The van der Waals surface area contributed by atoms with E-state index in [2.05, 4.69) is 17.2 Å². The molecule has 3 rings (SSSR count). The molecule has 1 aliphatic rings. The zero-order chi connectivity index (χ0) is 17.1. The molecular weight excluding hydrogens is 302 g/mol. The molecule has 0 saturated heterocycles. The number of aromatic nitrogens is 1. The van der Waals surface area contributed by atoms with Crippen molar-refractivity contribution in [3.05, 3.63) is 76.2 Å². The molecule has 0 atom stereocenters. The van der Waals surface area contributed by atoms with Crippen molar-refractivity contribution < 1.29 is 4.79 Å². The Morgan fingerprint density at radius 3 is 2.62 bits per heavy atom. The number of pyridine rings is 1. The zero-order valence-electron chi connectivity index (χ0n) is 13.7. The molecule has 0 radical (unpaired) electrons. The Hall–Kier alpha value is -2.82. The molecule has 1 aromatic carbocycles. The van der Waals surface area contributed by atoms with E-state index < -0.39 is 0 Å². The standard InChI is InChI=1S/C19H21N3O2/c1-13(21-16-8-9-16)15-10-17(18(23)20-2)19(24)22(12-15)11-14-6-4-3-5-7-14/h3-7,10,12,16,21H,1,8-9,11H2,2H3,(H,20,23). The number of benzene rings is 1. The Morgan fingerprint density at radius 2 is 2.00 bits per heavy atom. The quantitative estimate of drug-likeness (QED) is 0.854. The highest BCUT2D eigenvalue weighted by Gasteiger charge is 2.22. The fourth-order valence-electron chi connectivity index (χ4n) is 2.55. The van der Waals surface area contributed by atoms with Crippen molar-refractivity contribution >= 4 is 11.6 Å². The number of rotatable bonds is 6. The van der Waals surface area contributed by atoms with Gasteiger partial charge in [0, 0.05) is 30.5 Å². The predicted octanol–water partition coefficient (Wildman–Crippen LogP) is 1.98. The first-order valence-corrected chi connectivity index (χ1v) is 8.05. The van der Waals surface area contributed by atoms with Crippen LogP contribution in [-0.4, -0.2) is 23.6 Å². The highest BCUT2D eigenvalue weighted by Crippen LogP contribution is 2.23. The lowest BCUT2D eigenvalue weighted by Gasteiger charge is -2.14. The van der Waals surface area contributed by atoms with E-state index in [0.29, 0.717) is 12.6 Å². The van der Waals surface area contributed by atoms with Crippen molar-refractivity contribution in [3.63, 3.8) is 0 Å². The number of nitrogens with zero attached hydrogens (tertiary/aromatic N) is 1. The molecule has 1 fully saturated rings. The summed E-state index contributed by atoms with van der Waals surface area (Å²) in [5.74, 6) is -0.386. The van der Waals surface area contributed by atoms with Gasteiger partial charge < -0.3 is 15.2 Å². The first-order valence-electron chi connectivity index (χ1n) is 8.05. The highest BCUT2D eigenvalue weighted by molar-refractivity contribution is 5.94. The van der Waals surface area contributed by atoms with Gasteiger partial charge in [-0.3, -0.25) is 9.59 Å². The van der Waals surface area contributed by atoms with Crippen molar-refractivity contribution in [2.45, 2.75) is 25.4 Å². The molecule has 0 aliphatic heterocycles. The molecule has 124 valence electrons. The Morgan fingerprint density at radius 1 is 1.29 bits per heavy atom. The van der Waals surface area contributed by atoms with E-state index in [-0.39, 0.29) is 17.0 Å². The minimum atomic E-state index is -0.386. The summed E-state index contributed by atoms with van der Waals surface area (Å²) in [5.41, 5.74) is 2.33. The van der Waals surface area contributed by atoms with Gasteiger partial charge in [0.05, 0.1) is 6.54 Å². The summed E-state index contributed by atoms with van der Waals surface area (Å²) in [6.07, 6.45) is 4.02. The maximum atomic E-state index is 12.6. The van der Waals surface area contributed by atoms with Gasteiger partial charge in [-0.2, -0.15) is 0 Å². The minimum absolute atomic E-state index is 0.129. The van der Waals surface area contributed by atoms with Gasteiger partial charge in [-0.25, -0.2) is 0 Å². The van der Waals surface area contributed by atoms with Gasteiger partial charge >= 0.3 is 0 Å². The van der Waals surface area contributed by atoms with Crippen molar-refractivity contribution in [2.24, 2.45) is 0 Å². The molecular formula is C19H21N3O2. The molecule has 1 amide bonds. The maximum absolute atomic E-state index is 12.6. The molecule has 1 heterocycles. The van der Waals surface area contributed by atoms with Gasteiger partial charge in [0.25, 0.3) is 11.5 Å². The van der Waals surface area contributed by atoms with E-state index >= 15 is 0 Å². The van der Waals surface area contributed by atoms with Crippen LogP contribution in [0, 0.1) is 0 Å². The van der Waals surface area contributed by atoms with Crippen molar-refractivity contribution in [1.29, 1.82) is 0 Å². The lowest BCUT2D eigenvalue weighted by Crippen LogP contribution is -2.32. The van der Waals surface area contributed by atoms with Gasteiger partial charge in [-0.05, 0) is 24.5 Å². The van der Waals surface area contributed by atoms with E-state index in [9.17, 15) is 9.59 Å². The van der Waals surface area contributed by atoms with Crippen LogP contribution in [0.1, 0.15) is 34.3 Å². The third-order valence-corrected chi connectivity index (χ3v) is 4.06. The first-order chi connectivity index (χ1) is 11.6. The third-order valence-electron chi connectivity index (χ3n) is 4.06. The van der Waals surface area contributed by atoms with Gasteiger partial charge in [0.1, 0.15) is 5.56 Å². The third kappa shape index (κ3) is 3.56. The minimum Gasteiger partial charge on any atom is -0.382 e. The van der Waals surface area contributed by atoms with E-state index in [0.717, 1.165) is 29.7 Å². The van der Waals surface area contributed by atoms with Crippen LogP contribution < -0.4 is 16.2 Å². The average molecular weight is 323 g/mol. The number of amides is 1. The monoisotopic (exact) mass is 323 g/mol. The smallest absolute Gasteiger partial charge is 0.263 e. The zero-order valence-corrected chi connectivity index (χ0v) is 13.7. The molecule has 5 heteroatoms. The van der Waals surface area contributed by atoms with Crippen molar-refractivity contribution in [1.82, 2.24) is 15.2 Å². The second kappa shape index (κ2) is 6.74. The van der Waals surface area contributed by atoms with E-state index in [4.69, 9.17) is 0 Å². The summed E-state index contributed by atoms with van der Waals surface area (Å²) >= 11 is 0. The molecule has 5 nitrogen and oxygen atoms in total. The number of carbonyl (C=O) groups is 1. The Balaban J connectivity index is 2.00. The van der Waals surface area contributed by atoms with Crippen LogP contribution in [0.2, 0.25) is 0 Å². The van der Waals surface area contributed by atoms with Gasteiger partial charge in [-0.15, -0.1) is 0 Å². The molecule has 2 N–H and O–H groups in total. The Labute approximate surface area is 141 Å². The van der Waals surface area contributed by atoms with Crippen LogP contribution >= 0.6 is 0 Å². The Bertz CT molecular complexity index is 820. The molecule has 2 aromatic rings. The number of hydrogen-bond donors (Lipinski definition) is 2. The Kier molecular flexibility index (Phi) is 4.51. The van der Waals surface area contributed by atoms with Crippen molar-refractivity contribution in [2.75, 3.05) is 7.05 Å². The van der Waals surface area contributed by atoms with Crippen LogP contribution in [0.3, 0.4) is 0 Å². The molecule has 1 aliphatic carbocycles. The predicted molar refractivity (Wildman–Crippen MR) is 94.8 cm³/mol. The second-order valence-electron chi connectivity index (χ2n) is 6.04. The van der Waals surface area contributed by atoms with Crippen LogP contribution in [-0.2, 0) is 6.54 Å². The largest absolute Gasteiger partial charge is 0.382 e. The number of nitrogens with one attached hydrogen (secondary N) is 2. The van der Waals surface area contributed by atoms with Crippen LogP contribution in [0.5, 0.6) is 0 Å². The maximum Gasteiger partial charge on any atom is 0.263 e. The van der Waals surface area contributed by atoms with Crippen LogP contribution in [0.15, 0.2) is 54.0 Å². The van der Waals surface area contributed by atoms with Gasteiger partial charge in [0.15, 0.2) is 0 Å². The first kappa shape index (κ1) is 16.1. The highest BCUT2D eigenvalue weighted by atomic mass is 16.2. The normalized spacial score (nSPS) is 13.4. The summed E-state index contributed by atoms with van der Waals surface area (Å²) in [4.78, 5) is 24.7. The van der Waals surface area contributed by atoms with Gasteiger partial charge in [-0.1, -0.05) is 36.9 Å². The number of hydrogen-bond acceptors (Lipinski definition) is 3. The molecule has 0 unspecified atom stereocenters. The summed E-state index contributed by atoms with van der Waals surface area (Å²) in [6.45, 7) is 4.46. The molecule has 0 bridgehead atoms. The summed E-state index contributed by atoms with van der Waals surface area (Å²) in [6, 6.07) is 11.8. The summed E-state index contributed by atoms with van der Waals surface area (Å²) in [5, 5.41) is 5.85. The fourth-order valence-corrected chi connectivity index (χ4v) is 2.55. The lowest BCUT2D eigenvalue weighted by molar-refractivity contribution is 0.0961. The second-order valence-corrected chi connectivity index (χ2v) is 6.04. The summed E-state index contributed by atoms with van der Waals surface area (Å²) in [7, 11) is 1.52. The fraction of sp³-hybridized carbons (Fsp3) is 0.263. The van der Waals surface area contributed by atoms with E-state index in [1.807, 2.05) is 30.3 Å². The van der Waals surface area contributed by atoms with Crippen LogP contribution in [0.25, 0.3) is 5.70 Å². The molecule has 24 heavy (non-hydrogen) atoms.